The topological polar surface area (TPSA) is 111 Å². The van der Waals surface area contributed by atoms with E-state index >= 15 is 0 Å². The monoisotopic (exact) mass is 440 g/mol. The second-order valence-electron chi connectivity index (χ2n) is 7.59. The standard InChI is InChI=1S/C22H24N4O4S/c1-15-13-25(3)20-7-5-4-6-17(20)14-26(15)22(28)21(27)24-18-8-10-19(11-9-18)31(29,30)16(2)12-23/h4-11,15-16H,13-14H2,1-3H3,(H,24,27)/t15-,16-/m0/s1. The van der Waals surface area contributed by atoms with E-state index in [-0.39, 0.29) is 10.9 Å². The average Bonchev–Trinajstić information content (AvgIpc) is 2.88. The van der Waals surface area contributed by atoms with Gasteiger partial charge in [0.25, 0.3) is 0 Å². The van der Waals surface area contributed by atoms with Crippen molar-refractivity contribution in [3.8, 4) is 6.07 Å². The Hall–Kier alpha value is -3.38. The van der Waals surface area contributed by atoms with Crippen LogP contribution in [0.3, 0.4) is 0 Å². The molecule has 1 N–H and O–H groups in total. The summed E-state index contributed by atoms with van der Waals surface area (Å²) in [6, 6.07) is 14.7. The number of fused-ring (bicyclic) bond motifs is 1. The Labute approximate surface area is 182 Å². The number of hydrogen-bond donors (Lipinski definition) is 1. The molecule has 1 aliphatic heterocycles. The van der Waals surface area contributed by atoms with E-state index in [2.05, 4.69) is 10.2 Å². The summed E-state index contributed by atoms with van der Waals surface area (Å²) >= 11 is 0. The third kappa shape index (κ3) is 4.54. The van der Waals surface area contributed by atoms with E-state index in [1.54, 1.807) is 6.07 Å². The molecule has 0 fully saturated rings. The highest BCUT2D eigenvalue weighted by Crippen LogP contribution is 2.26. The normalized spacial score (nSPS) is 17.2. The van der Waals surface area contributed by atoms with E-state index in [4.69, 9.17) is 5.26 Å². The zero-order valence-electron chi connectivity index (χ0n) is 17.6. The van der Waals surface area contributed by atoms with Crippen molar-refractivity contribution >= 4 is 33.0 Å². The number of nitrogens with one attached hydrogen (secondary N) is 1. The van der Waals surface area contributed by atoms with E-state index in [0.29, 0.717) is 18.8 Å². The van der Waals surface area contributed by atoms with Gasteiger partial charge in [-0.1, -0.05) is 18.2 Å². The first-order valence-corrected chi connectivity index (χ1v) is 11.3. The zero-order valence-corrected chi connectivity index (χ0v) is 18.4. The third-order valence-corrected chi connectivity index (χ3v) is 7.32. The number of hydrogen-bond acceptors (Lipinski definition) is 6. The van der Waals surface area contributed by atoms with Crippen molar-refractivity contribution < 1.29 is 18.0 Å². The Bertz CT molecular complexity index is 1140. The van der Waals surface area contributed by atoms with Crippen LogP contribution in [0, 0.1) is 11.3 Å². The highest BCUT2D eigenvalue weighted by molar-refractivity contribution is 7.92. The minimum absolute atomic E-state index is 0.0216. The van der Waals surface area contributed by atoms with Crippen molar-refractivity contribution in [1.29, 1.82) is 5.26 Å². The van der Waals surface area contributed by atoms with Gasteiger partial charge in [0.05, 0.1) is 11.0 Å². The van der Waals surface area contributed by atoms with Gasteiger partial charge >= 0.3 is 11.8 Å². The van der Waals surface area contributed by atoms with E-state index < -0.39 is 26.9 Å². The quantitative estimate of drug-likeness (QED) is 0.733. The van der Waals surface area contributed by atoms with Gasteiger partial charge in [-0.25, -0.2) is 8.42 Å². The van der Waals surface area contributed by atoms with Crippen molar-refractivity contribution in [2.45, 2.75) is 36.6 Å². The van der Waals surface area contributed by atoms with Gasteiger partial charge in [0.1, 0.15) is 5.25 Å². The number of sulfone groups is 1. The molecule has 2 amide bonds. The molecule has 0 spiro atoms. The predicted octanol–water partition coefficient (Wildman–Crippen LogP) is 2.18. The number of carbonyl (C=O) groups excluding carboxylic acids is 2. The molecule has 3 rings (SSSR count). The van der Waals surface area contributed by atoms with Gasteiger partial charge in [-0.2, -0.15) is 5.26 Å². The molecule has 1 aliphatic rings. The van der Waals surface area contributed by atoms with Crippen LogP contribution in [0.2, 0.25) is 0 Å². The van der Waals surface area contributed by atoms with Gasteiger partial charge < -0.3 is 15.1 Å². The summed E-state index contributed by atoms with van der Waals surface area (Å²) in [5.41, 5.74) is 2.27. The molecule has 0 saturated heterocycles. The van der Waals surface area contributed by atoms with Gasteiger partial charge in [0, 0.05) is 37.6 Å². The van der Waals surface area contributed by atoms with Crippen molar-refractivity contribution in [2.24, 2.45) is 0 Å². The first-order chi connectivity index (χ1) is 14.6. The van der Waals surface area contributed by atoms with Crippen LogP contribution in [0.15, 0.2) is 53.4 Å². The molecule has 2 aromatic carbocycles. The maximum Gasteiger partial charge on any atom is 0.313 e. The SMILES string of the molecule is C[C@H]1CN(C)c2ccccc2CN1C(=O)C(=O)Nc1ccc(S(=O)(=O)[C@@H](C)C#N)cc1. The van der Waals surface area contributed by atoms with Gasteiger partial charge in [-0.15, -0.1) is 0 Å². The van der Waals surface area contributed by atoms with Gasteiger partial charge in [0.15, 0.2) is 9.84 Å². The van der Waals surface area contributed by atoms with Crippen LogP contribution in [0.5, 0.6) is 0 Å². The molecule has 0 saturated carbocycles. The van der Waals surface area contributed by atoms with Gasteiger partial charge in [-0.3, -0.25) is 9.59 Å². The highest BCUT2D eigenvalue weighted by Gasteiger charge is 2.31. The van der Waals surface area contributed by atoms with Crippen LogP contribution in [0.1, 0.15) is 19.4 Å². The highest BCUT2D eigenvalue weighted by atomic mass is 32.2. The summed E-state index contributed by atoms with van der Waals surface area (Å²) in [6.45, 7) is 4.10. The third-order valence-electron chi connectivity index (χ3n) is 5.36. The molecule has 31 heavy (non-hydrogen) atoms. The Kier molecular flexibility index (Phi) is 6.32. The van der Waals surface area contributed by atoms with E-state index in [1.165, 1.54) is 36.1 Å². The van der Waals surface area contributed by atoms with Gasteiger partial charge in [0.2, 0.25) is 0 Å². The summed E-state index contributed by atoms with van der Waals surface area (Å²) in [4.78, 5) is 29.1. The minimum Gasteiger partial charge on any atom is -0.372 e. The number of benzene rings is 2. The smallest absolute Gasteiger partial charge is 0.313 e. The molecule has 8 nitrogen and oxygen atoms in total. The average molecular weight is 441 g/mol. The number of para-hydroxylation sites is 1. The molecule has 2 atom stereocenters. The number of anilines is 2. The first-order valence-electron chi connectivity index (χ1n) is 9.79. The molecule has 0 aromatic heterocycles. The summed E-state index contributed by atoms with van der Waals surface area (Å²) in [7, 11) is -1.82. The molecule has 0 aliphatic carbocycles. The Morgan fingerprint density at radius 2 is 1.81 bits per heavy atom. The molecule has 162 valence electrons. The second kappa shape index (κ2) is 8.78. The molecule has 1 heterocycles. The Morgan fingerprint density at radius 3 is 2.45 bits per heavy atom. The number of nitrogens with zero attached hydrogens (tertiary/aromatic N) is 3. The lowest BCUT2D eigenvalue weighted by molar-refractivity contribution is -0.144. The zero-order chi connectivity index (χ0) is 22.8. The lowest BCUT2D eigenvalue weighted by atomic mass is 10.1. The summed E-state index contributed by atoms with van der Waals surface area (Å²) < 4.78 is 24.5. The van der Waals surface area contributed by atoms with Crippen LogP contribution in [-0.4, -0.2) is 50.0 Å². The van der Waals surface area contributed by atoms with Crippen molar-refractivity contribution in [3.05, 3.63) is 54.1 Å². The largest absolute Gasteiger partial charge is 0.372 e. The fraction of sp³-hybridized carbons (Fsp3) is 0.318. The Balaban J connectivity index is 1.75. The van der Waals surface area contributed by atoms with Crippen LogP contribution >= 0.6 is 0 Å². The van der Waals surface area contributed by atoms with Crippen molar-refractivity contribution in [1.82, 2.24) is 4.90 Å². The van der Waals surface area contributed by atoms with E-state index in [9.17, 15) is 18.0 Å². The molecule has 2 aromatic rings. The molecule has 0 radical (unpaired) electrons. The second-order valence-corrected chi connectivity index (χ2v) is 9.85. The van der Waals surface area contributed by atoms with Crippen LogP contribution in [-0.2, 0) is 26.0 Å². The number of rotatable bonds is 3. The lowest BCUT2D eigenvalue weighted by Gasteiger charge is -2.28. The maximum absolute atomic E-state index is 12.9. The summed E-state index contributed by atoms with van der Waals surface area (Å²) in [5, 5.41) is 10.2. The van der Waals surface area contributed by atoms with Crippen LogP contribution in [0.4, 0.5) is 11.4 Å². The molecular formula is C22H24N4O4S. The summed E-state index contributed by atoms with van der Waals surface area (Å²) in [6.07, 6.45) is 0. The molecule has 9 heteroatoms. The predicted molar refractivity (Wildman–Crippen MR) is 117 cm³/mol. The number of carbonyl (C=O) groups is 2. The Morgan fingerprint density at radius 1 is 1.16 bits per heavy atom. The minimum atomic E-state index is -3.77. The molecule has 0 bridgehead atoms. The van der Waals surface area contributed by atoms with Crippen molar-refractivity contribution in [3.63, 3.8) is 0 Å². The maximum atomic E-state index is 12.9. The summed E-state index contributed by atoms with van der Waals surface area (Å²) in [5.74, 6) is -1.46. The van der Waals surface area contributed by atoms with E-state index in [1.807, 2.05) is 38.2 Å². The van der Waals surface area contributed by atoms with E-state index in [0.717, 1.165) is 11.3 Å². The van der Waals surface area contributed by atoms with Crippen molar-refractivity contribution in [2.75, 3.05) is 23.8 Å². The van der Waals surface area contributed by atoms with Crippen LogP contribution in [0.25, 0.3) is 0 Å². The molecular weight excluding hydrogens is 416 g/mol. The van der Waals surface area contributed by atoms with Gasteiger partial charge in [-0.05, 0) is 49.7 Å². The fourth-order valence-electron chi connectivity index (χ4n) is 3.54. The lowest BCUT2D eigenvalue weighted by Crippen LogP contribution is -2.46. The number of nitriles is 1. The fourth-order valence-corrected chi connectivity index (χ4v) is 4.60. The molecule has 0 unspecified atom stereocenters. The number of likely N-dealkylation sites (N-methyl/N-ethyl adjacent to an activating group) is 1. The van der Waals surface area contributed by atoms with Crippen LogP contribution < -0.4 is 10.2 Å². The first kappa shape index (κ1) is 22.3. The number of amides is 2.